The van der Waals surface area contributed by atoms with E-state index in [1.165, 1.54) is 0 Å². The monoisotopic (exact) mass is 298 g/mol. The number of hydrogen-bond donors (Lipinski definition) is 2. The van der Waals surface area contributed by atoms with Gasteiger partial charge in [-0.25, -0.2) is 0 Å². The molecule has 0 aliphatic heterocycles. The van der Waals surface area contributed by atoms with E-state index in [2.05, 4.69) is 15.9 Å². The Labute approximate surface area is 101 Å². The van der Waals surface area contributed by atoms with Crippen LogP contribution in [0, 0.1) is 0 Å². The molecule has 78 valence electrons. The number of aliphatic hydroxyl groups excluding tert-OH is 2. The first kappa shape index (κ1) is 12.3. The largest absolute Gasteiger partial charge is 0.389 e. The van der Waals surface area contributed by atoms with E-state index in [1.54, 1.807) is 18.2 Å². The SMILES string of the molecule is OC(CBr)C(O)c1cccc(Cl)c1Cl. The Morgan fingerprint density at radius 1 is 1.29 bits per heavy atom. The van der Waals surface area contributed by atoms with Gasteiger partial charge < -0.3 is 10.2 Å². The summed E-state index contributed by atoms with van der Waals surface area (Å²) in [6.07, 6.45) is -1.92. The molecular weight excluding hydrogens is 291 g/mol. The first-order valence-electron chi connectivity index (χ1n) is 3.94. The first-order valence-corrected chi connectivity index (χ1v) is 5.81. The van der Waals surface area contributed by atoms with E-state index in [4.69, 9.17) is 23.2 Å². The molecular formula is C9H9BrCl2O2. The van der Waals surface area contributed by atoms with Gasteiger partial charge in [0.1, 0.15) is 6.10 Å². The summed E-state index contributed by atoms with van der Waals surface area (Å²) in [6.45, 7) is 0. The fourth-order valence-electron chi connectivity index (χ4n) is 1.04. The number of halogens is 3. The summed E-state index contributed by atoms with van der Waals surface area (Å²) in [6, 6.07) is 4.93. The molecule has 0 aliphatic carbocycles. The lowest BCUT2D eigenvalue weighted by Crippen LogP contribution is -2.19. The fourth-order valence-corrected chi connectivity index (χ4v) is 1.81. The third-order valence-corrected chi connectivity index (χ3v) is 3.32. The van der Waals surface area contributed by atoms with Crippen LogP contribution < -0.4 is 0 Å². The van der Waals surface area contributed by atoms with Crippen molar-refractivity contribution in [3.05, 3.63) is 33.8 Å². The summed E-state index contributed by atoms with van der Waals surface area (Å²) in [5, 5.41) is 20.0. The van der Waals surface area contributed by atoms with E-state index in [0.29, 0.717) is 10.6 Å². The van der Waals surface area contributed by atoms with E-state index in [1.807, 2.05) is 0 Å². The normalized spacial score (nSPS) is 15.2. The molecule has 0 aliphatic rings. The Morgan fingerprint density at radius 3 is 2.50 bits per heavy atom. The van der Waals surface area contributed by atoms with E-state index in [-0.39, 0.29) is 10.4 Å². The van der Waals surface area contributed by atoms with E-state index >= 15 is 0 Å². The molecule has 0 saturated carbocycles. The number of alkyl halides is 1. The van der Waals surface area contributed by atoms with Gasteiger partial charge in [0.15, 0.2) is 0 Å². The standard InChI is InChI=1S/C9H9BrCl2O2/c10-4-7(13)9(14)5-2-1-3-6(11)8(5)12/h1-3,7,9,13-14H,4H2. The van der Waals surface area contributed by atoms with Crippen LogP contribution in [0.25, 0.3) is 0 Å². The van der Waals surface area contributed by atoms with Gasteiger partial charge >= 0.3 is 0 Å². The predicted octanol–water partition coefficient (Wildman–Crippen LogP) is 2.78. The van der Waals surface area contributed by atoms with Gasteiger partial charge in [-0.2, -0.15) is 0 Å². The van der Waals surface area contributed by atoms with Crippen LogP contribution in [0.3, 0.4) is 0 Å². The summed E-state index contributed by atoms with van der Waals surface area (Å²) < 4.78 is 0. The zero-order valence-corrected chi connectivity index (χ0v) is 10.2. The van der Waals surface area contributed by atoms with Crippen molar-refractivity contribution in [2.45, 2.75) is 12.2 Å². The summed E-state index contributed by atoms with van der Waals surface area (Å²) in [5.41, 5.74) is 0.436. The molecule has 1 aromatic rings. The number of rotatable bonds is 3. The second kappa shape index (κ2) is 5.33. The lowest BCUT2D eigenvalue weighted by atomic mass is 10.1. The summed E-state index contributed by atoms with van der Waals surface area (Å²) in [4.78, 5) is 0. The molecule has 0 saturated heterocycles. The Hall–Kier alpha value is 0.200. The highest BCUT2D eigenvalue weighted by molar-refractivity contribution is 9.09. The average Bonchev–Trinajstić information content (AvgIpc) is 2.20. The molecule has 2 N–H and O–H groups in total. The summed E-state index contributed by atoms with van der Waals surface area (Å²) in [7, 11) is 0. The van der Waals surface area contributed by atoms with E-state index in [0.717, 1.165) is 0 Å². The topological polar surface area (TPSA) is 40.5 Å². The quantitative estimate of drug-likeness (QED) is 0.843. The fraction of sp³-hybridized carbons (Fsp3) is 0.333. The Morgan fingerprint density at radius 2 is 1.93 bits per heavy atom. The molecule has 1 rings (SSSR count). The number of aliphatic hydroxyl groups is 2. The van der Waals surface area contributed by atoms with Crippen LogP contribution in [0.15, 0.2) is 18.2 Å². The minimum absolute atomic E-state index is 0.275. The van der Waals surface area contributed by atoms with Crippen LogP contribution in [0.5, 0.6) is 0 Å². The van der Waals surface area contributed by atoms with Crippen LogP contribution in [0.4, 0.5) is 0 Å². The maximum atomic E-state index is 9.67. The van der Waals surface area contributed by atoms with Gasteiger partial charge in [0.2, 0.25) is 0 Å². The molecule has 1 aromatic carbocycles. The van der Waals surface area contributed by atoms with Crippen LogP contribution in [0.1, 0.15) is 11.7 Å². The maximum Gasteiger partial charge on any atom is 0.107 e. The molecule has 0 aromatic heterocycles. The van der Waals surface area contributed by atoms with Crippen molar-refractivity contribution in [1.29, 1.82) is 0 Å². The second-order valence-electron chi connectivity index (χ2n) is 2.81. The summed E-state index contributed by atoms with van der Waals surface area (Å²) >= 11 is 14.7. The van der Waals surface area contributed by atoms with Gasteiger partial charge in [0.05, 0.1) is 16.1 Å². The molecule has 0 spiro atoms. The van der Waals surface area contributed by atoms with Crippen molar-refractivity contribution in [2.24, 2.45) is 0 Å². The summed E-state index contributed by atoms with van der Waals surface area (Å²) in [5.74, 6) is 0. The third-order valence-electron chi connectivity index (χ3n) is 1.82. The highest BCUT2D eigenvalue weighted by Crippen LogP contribution is 2.31. The average molecular weight is 300 g/mol. The molecule has 2 atom stereocenters. The molecule has 0 radical (unpaired) electrons. The van der Waals surface area contributed by atoms with Crippen molar-refractivity contribution < 1.29 is 10.2 Å². The Kier molecular flexibility index (Phi) is 4.67. The van der Waals surface area contributed by atoms with Crippen molar-refractivity contribution in [1.82, 2.24) is 0 Å². The highest BCUT2D eigenvalue weighted by Gasteiger charge is 2.20. The molecule has 2 nitrogen and oxygen atoms in total. The molecule has 0 bridgehead atoms. The number of hydrogen-bond acceptors (Lipinski definition) is 2. The third kappa shape index (κ3) is 2.61. The zero-order chi connectivity index (χ0) is 10.7. The van der Waals surface area contributed by atoms with Gasteiger partial charge in [0, 0.05) is 10.9 Å². The van der Waals surface area contributed by atoms with Crippen molar-refractivity contribution in [3.63, 3.8) is 0 Å². The van der Waals surface area contributed by atoms with Gasteiger partial charge in [-0.05, 0) is 6.07 Å². The van der Waals surface area contributed by atoms with E-state index in [9.17, 15) is 10.2 Å². The van der Waals surface area contributed by atoms with Crippen LogP contribution in [-0.4, -0.2) is 21.6 Å². The lowest BCUT2D eigenvalue weighted by Gasteiger charge is -2.17. The molecule has 5 heteroatoms. The number of benzene rings is 1. The van der Waals surface area contributed by atoms with Crippen LogP contribution in [-0.2, 0) is 0 Å². The Balaban J connectivity index is 3.01. The minimum atomic E-state index is -1.03. The molecule has 14 heavy (non-hydrogen) atoms. The maximum absolute atomic E-state index is 9.67. The van der Waals surface area contributed by atoms with Crippen molar-refractivity contribution in [3.8, 4) is 0 Å². The van der Waals surface area contributed by atoms with Crippen LogP contribution in [0.2, 0.25) is 10.0 Å². The smallest absolute Gasteiger partial charge is 0.107 e. The Bertz CT molecular complexity index is 320. The van der Waals surface area contributed by atoms with Gasteiger partial charge in [0.25, 0.3) is 0 Å². The predicted molar refractivity (Wildman–Crippen MR) is 61.2 cm³/mol. The van der Waals surface area contributed by atoms with Gasteiger partial charge in [-0.3, -0.25) is 0 Å². The highest BCUT2D eigenvalue weighted by atomic mass is 79.9. The zero-order valence-electron chi connectivity index (χ0n) is 7.12. The molecule has 0 heterocycles. The van der Waals surface area contributed by atoms with Crippen LogP contribution >= 0.6 is 39.1 Å². The molecule has 0 fully saturated rings. The van der Waals surface area contributed by atoms with Gasteiger partial charge in [-0.1, -0.05) is 51.3 Å². The minimum Gasteiger partial charge on any atom is -0.389 e. The lowest BCUT2D eigenvalue weighted by molar-refractivity contribution is 0.0343. The second-order valence-corrected chi connectivity index (χ2v) is 4.24. The van der Waals surface area contributed by atoms with E-state index < -0.39 is 12.2 Å². The molecule has 0 amide bonds. The van der Waals surface area contributed by atoms with Crippen molar-refractivity contribution >= 4 is 39.1 Å². The first-order chi connectivity index (χ1) is 6.57. The van der Waals surface area contributed by atoms with Crippen molar-refractivity contribution in [2.75, 3.05) is 5.33 Å². The molecule has 2 unspecified atom stereocenters. The van der Waals surface area contributed by atoms with Gasteiger partial charge in [-0.15, -0.1) is 0 Å².